The molecule has 0 aliphatic heterocycles. The van der Waals surface area contributed by atoms with E-state index in [1.807, 2.05) is 18.6 Å². The average Bonchev–Trinajstić information content (AvgIpc) is 3.17. The standard InChI is InChI=1S/C15H21N5/c1-11(2)7-16-8-12-9-17-15(18-10-12)20-6-5-14(19-20)13-3-4-13/h5-6,9-11,13,16H,3-4,7-8H2,1-2H3. The van der Waals surface area contributed by atoms with Crippen molar-refractivity contribution >= 4 is 0 Å². The quantitative estimate of drug-likeness (QED) is 0.875. The third-order valence-electron chi connectivity index (χ3n) is 3.38. The molecule has 5 heteroatoms. The van der Waals surface area contributed by atoms with Crippen LogP contribution in [0.3, 0.4) is 0 Å². The molecule has 5 nitrogen and oxygen atoms in total. The van der Waals surface area contributed by atoms with Crippen molar-refractivity contribution < 1.29 is 0 Å². The Morgan fingerprint density at radius 1 is 1.30 bits per heavy atom. The Labute approximate surface area is 119 Å². The first-order valence-corrected chi connectivity index (χ1v) is 7.30. The van der Waals surface area contributed by atoms with Crippen molar-refractivity contribution in [3.8, 4) is 5.95 Å². The maximum atomic E-state index is 4.53. The summed E-state index contributed by atoms with van der Waals surface area (Å²) in [6.07, 6.45) is 8.21. The van der Waals surface area contributed by atoms with Crippen LogP contribution in [0.15, 0.2) is 24.7 Å². The largest absolute Gasteiger partial charge is 0.312 e. The van der Waals surface area contributed by atoms with Gasteiger partial charge in [-0.3, -0.25) is 0 Å². The lowest BCUT2D eigenvalue weighted by atomic mass is 10.2. The maximum Gasteiger partial charge on any atom is 0.250 e. The van der Waals surface area contributed by atoms with Crippen LogP contribution in [0, 0.1) is 5.92 Å². The molecular formula is C15H21N5. The second-order valence-corrected chi connectivity index (χ2v) is 5.88. The number of hydrogen-bond acceptors (Lipinski definition) is 4. The summed E-state index contributed by atoms with van der Waals surface area (Å²) in [6.45, 7) is 6.21. The van der Waals surface area contributed by atoms with Crippen LogP contribution in [-0.2, 0) is 6.54 Å². The first-order chi connectivity index (χ1) is 9.72. The van der Waals surface area contributed by atoms with Crippen molar-refractivity contribution in [3.05, 3.63) is 35.9 Å². The van der Waals surface area contributed by atoms with Crippen LogP contribution < -0.4 is 5.32 Å². The summed E-state index contributed by atoms with van der Waals surface area (Å²) < 4.78 is 1.76. The lowest BCUT2D eigenvalue weighted by molar-refractivity contribution is 0.551. The zero-order chi connectivity index (χ0) is 13.9. The van der Waals surface area contributed by atoms with Crippen molar-refractivity contribution in [2.45, 2.75) is 39.2 Å². The molecule has 1 fully saturated rings. The SMILES string of the molecule is CC(C)CNCc1cnc(-n2ccc(C3CC3)n2)nc1. The molecular weight excluding hydrogens is 250 g/mol. The van der Waals surface area contributed by atoms with Gasteiger partial charge in [0.2, 0.25) is 5.95 Å². The maximum absolute atomic E-state index is 4.53. The van der Waals surface area contributed by atoms with E-state index in [0.29, 0.717) is 17.8 Å². The van der Waals surface area contributed by atoms with Gasteiger partial charge < -0.3 is 5.32 Å². The fourth-order valence-electron chi connectivity index (χ4n) is 2.11. The van der Waals surface area contributed by atoms with Gasteiger partial charge in [-0.15, -0.1) is 0 Å². The van der Waals surface area contributed by atoms with Crippen LogP contribution in [0.4, 0.5) is 0 Å². The summed E-state index contributed by atoms with van der Waals surface area (Å²) in [4.78, 5) is 8.78. The molecule has 2 aromatic heterocycles. The van der Waals surface area contributed by atoms with Crippen LogP contribution in [-0.4, -0.2) is 26.3 Å². The first kappa shape index (κ1) is 13.2. The molecule has 2 aromatic rings. The minimum Gasteiger partial charge on any atom is -0.312 e. The molecule has 0 aromatic carbocycles. The fraction of sp³-hybridized carbons (Fsp3) is 0.533. The van der Waals surface area contributed by atoms with E-state index in [9.17, 15) is 0 Å². The van der Waals surface area contributed by atoms with Gasteiger partial charge in [0, 0.05) is 36.6 Å². The monoisotopic (exact) mass is 271 g/mol. The highest BCUT2D eigenvalue weighted by molar-refractivity contribution is 5.18. The summed E-state index contributed by atoms with van der Waals surface area (Å²) in [6, 6.07) is 2.07. The normalized spacial score (nSPS) is 14.9. The average molecular weight is 271 g/mol. The van der Waals surface area contributed by atoms with Crippen LogP contribution in [0.5, 0.6) is 0 Å². The van der Waals surface area contributed by atoms with Crippen LogP contribution in [0.1, 0.15) is 43.9 Å². The number of hydrogen-bond donors (Lipinski definition) is 1. The summed E-state index contributed by atoms with van der Waals surface area (Å²) >= 11 is 0. The second kappa shape index (κ2) is 5.71. The highest BCUT2D eigenvalue weighted by Gasteiger charge is 2.26. The van der Waals surface area contributed by atoms with E-state index in [0.717, 1.165) is 24.3 Å². The van der Waals surface area contributed by atoms with Crippen molar-refractivity contribution in [2.24, 2.45) is 5.92 Å². The van der Waals surface area contributed by atoms with Gasteiger partial charge in [-0.25, -0.2) is 14.6 Å². The van der Waals surface area contributed by atoms with Crippen LogP contribution >= 0.6 is 0 Å². The van der Waals surface area contributed by atoms with E-state index in [1.165, 1.54) is 12.8 Å². The van der Waals surface area contributed by atoms with Gasteiger partial charge >= 0.3 is 0 Å². The van der Waals surface area contributed by atoms with E-state index in [-0.39, 0.29) is 0 Å². The minimum atomic E-state index is 0.643. The lowest BCUT2D eigenvalue weighted by Crippen LogP contribution is -2.19. The highest BCUT2D eigenvalue weighted by Crippen LogP contribution is 2.38. The molecule has 106 valence electrons. The molecule has 0 unspecified atom stereocenters. The molecule has 3 rings (SSSR count). The topological polar surface area (TPSA) is 55.6 Å². The minimum absolute atomic E-state index is 0.643. The van der Waals surface area contributed by atoms with Gasteiger partial charge in [-0.2, -0.15) is 5.10 Å². The summed E-state index contributed by atoms with van der Waals surface area (Å²) in [5.41, 5.74) is 2.26. The smallest absolute Gasteiger partial charge is 0.250 e. The lowest BCUT2D eigenvalue weighted by Gasteiger charge is -2.07. The van der Waals surface area contributed by atoms with Gasteiger partial charge in [0.25, 0.3) is 0 Å². The summed E-state index contributed by atoms with van der Waals surface area (Å²) in [7, 11) is 0. The molecule has 1 N–H and O–H groups in total. The molecule has 20 heavy (non-hydrogen) atoms. The van der Waals surface area contributed by atoms with Gasteiger partial charge in [-0.1, -0.05) is 13.8 Å². The zero-order valence-electron chi connectivity index (χ0n) is 12.1. The zero-order valence-corrected chi connectivity index (χ0v) is 12.1. The van der Waals surface area contributed by atoms with E-state index < -0.39 is 0 Å². The van der Waals surface area contributed by atoms with Crippen molar-refractivity contribution in [3.63, 3.8) is 0 Å². The fourth-order valence-corrected chi connectivity index (χ4v) is 2.11. The number of rotatable bonds is 6. The van der Waals surface area contributed by atoms with E-state index >= 15 is 0 Å². The van der Waals surface area contributed by atoms with Crippen molar-refractivity contribution in [2.75, 3.05) is 6.54 Å². The molecule has 1 aliphatic rings. The van der Waals surface area contributed by atoms with Gasteiger partial charge in [0.1, 0.15) is 0 Å². The van der Waals surface area contributed by atoms with Crippen molar-refractivity contribution in [1.29, 1.82) is 0 Å². The molecule has 0 spiro atoms. The Morgan fingerprint density at radius 2 is 2.05 bits per heavy atom. The molecule has 0 radical (unpaired) electrons. The molecule has 1 aliphatic carbocycles. The number of nitrogens with one attached hydrogen (secondary N) is 1. The molecule has 0 amide bonds. The molecule has 1 saturated carbocycles. The Kier molecular flexibility index (Phi) is 3.78. The molecule has 0 bridgehead atoms. The Balaban J connectivity index is 1.62. The summed E-state index contributed by atoms with van der Waals surface area (Å²) in [5, 5.41) is 7.92. The predicted molar refractivity (Wildman–Crippen MR) is 77.7 cm³/mol. The Morgan fingerprint density at radius 3 is 2.70 bits per heavy atom. The van der Waals surface area contributed by atoms with Gasteiger partial charge in [0.05, 0.1) is 5.69 Å². The molecule has 2 heterocycles. The third-order valence-corrected chi connectivity index (χ3v) is 3.38. The van der Waals surface area contributed by atoms with Crippen LogP contribution in [0.2, 0.25) is 0 Å². The van der Waals surface area contributed by atoms with E-state index in [4.69, 9.17) is 0 Å². The summed E-state index contributed by atoms with van der Waals surface area (Å²) in [5.74, 6) is 1.96. The number of nitrogens with zero attached hydrogens (tertiary/aromatic N) is 4. The Hall–Kier alpha value is -1.75. The number of aromatic nitrogens is 4. The van der Waals surface area contributed by atoms with Gasteiger partial charge in [-0.05, 0) is 31.4 Å². The predicted octanol–water partition coefficient (Wildman–Crippen LogP) is 2.29. The Bertz CT molecular complexity index is 554. The molecule has 0 atom stereocenters. The van der Waals surface area contributed by atoms with Crippen LogP contribution in [0.25, 0.3) is 5.95 Å². The molecule has 0 saturated heterocycles. The van der Waals surface area contributed by atoms with E-state index in [2.05, 4.69) is 40.3 Å². The van der Waals surface area contributed by atoms with Gasteiger partial charge in [0.15, 0.2) is 0 Å². The first-order valence-electron chi connectivity index (χ1n) is 7.30. The third kappa shape index (κ3) is 3.22. The van der Waals surface area contributed by atoms with E-state index in [1.54, 1.807) is 4.68 Å². The second-order valence-electron chi connectivity index (χ2n) is 5.88. The highest BCUT2D eigenvalue weighted by atomic mass is 15.3. The van der Waals surface area contributed by atoms with Crippen molar-refractivity contribution in [1.82, 2.24) is 25.1 Å².